The van der Waals surface area contributed by atoms with Crippen LogP contribution in [0.3, 0.4) is 0 Å². The molecule has 0 aliphatic heterocycles. The van der Waals surface area contributed by atoms with E-state index in [1.54, 1.807) is 0 Å². The van der Waals surface area contributed by atoms with E-state index in [2.05, 4.69) is 15.2 Å². The third-order valence-electron chi connectivity index (χ3n) is 2.67. The molecule has 1 heterocycles. The van der Waals surface area contributed by atoms with E-state index in [0.29, 0.717) is 5.92 Å². The molecule has 0 saturated heterocycles. The van der Waals surface area contributed by atoms with E-state index in [4.69, 9.17) is 5.73 Å². The van der Waals surface area contributed by atoms with E-state index in [1.807, 2.05) is 6.92 Å². The minimum absolute atomic E-state index is 0.0635. The topological polar surface area (TPSA) is 67.6 Å². The van der Waals surface area contributed by atoms with Crippen LogP contribution < -0.4 is 5.73 Å². The predicted molar refractivity (Wildman–Crippen MR) is 50.2 cm³/mol. The van der Waals surface area contributed by atoms with Crippen molar-refractivity contribution in [2.75, 3.05) is 0 Å². The van der Waals surface area contributed by atoms with Crippen molar-refractivity contribution in [1.82, 2.24) is 15.2 Å². The Bertz CT molecular complexity index is 273. The Hall–Kier alpha value is -0.900. The molecule has 4 heteroatoms. The van der Waals surface area contributed by atoms with Crippen molar-refractivity contribution in [3.8, 4) is 0 Å². The van der Waals surface area contributed by atoms with Crippen LogP contribution in [0.1, 0.15) is 56.2 Å². The fourth-order valence-corrected chi connectivity index (χ4v) is 1.87. The number of aromatic amines is 1. The Morgan fingerprint density at radius 1 is 1.46 bits per heavy atom. The second-order valence-corrected chi connectivity index (χ2v) is 3.85. The first kappa shape index (κ1) is 8.69. The molecular weight excluding hydrogens is 164 g/mol. The largest absolute Gasteiger partial charge is 0.321 e. The number of nitrogens with two attached hydrogens (primary N) is 1. The van der Waals surface area contributed by atoms with Crippen molar-refractivity contribution in [2.45, 2.75) is 44.6 Å². The van der Waals surface area contributed by atoms with Crippen LogP contribution in [0.2, 0.25) is 0 Å². The fraction of sp³-hybridized carbons (Fsp3) is 0.778. The number of rotatable bonds is 2. The first-order valence-corrected chi connectivity index (χ1v) is 4.95. The van der Waals surface area contributed by atoms with Gasteiger partial charge in [-0.25, -0.2) is 4.98 Å². The summed E-state index contributed by atoms with van der Waals surface area (Å²) in [6, 6.07) is -0.0635. The molecule has 0 unspecified atom stereocenters. The van der Waals surface area contributed by atoms with Crippen molar-refractivity contribution in [3.05, 3.63) is 11.6 Å². The molecule has 1 aromatic heterocycles. The molecule has 2 rings (SSSR count). The summed E-state index contributed by atoms with van der Waals surface area (Å²) in [4.78, 5) is 4.40. The number of H-pyrrole nitrogens is 1. The zero-order valence-corrected chi connectivity index (χ0v) is 7.95. The van der Waals surface area contributed by atoms with Crippen LogP contribution in [-0.4, -0.2) is 15.2 Å². The molecule has 1 aliphatic carbocycles. The fourth-order valence-electron chi connectivity index (χ4n) is 1.87. The van der Waals surface area contributed by atoms with Gasteiger partial charge in [-0.15, -0.1) is 0 Å². The van der Waals surface area contributed by atoms with Gasteiger partial charge in [0.1, 0.15) is 5.82 Å². The summed E-state index contributed by atoms with van der Waals surface area (Å²) < 4.78 is 0. The Balaban J connectivity index is 2.12. The number of nitrogens with one attached hydrogen (secondary N) is 1. The first-order valence-electron chi connectivity index (χ1n) is 4.95. The second-order valence-electron chi connectivity index (χ2n) is 3.85. The van der Waals surface area contributed by atoms with E-state index in [1.165, 1.54) is 25.7 Å². The zero-order chi connectivity index (χ0) is 9.26. The Kier molecular flexibility index (Phi) is 2.31. The first-order chi connectivity index (χ1) is 6.27. The second kappa shape index (κ2) is 3.46. The van der Waals surface area contributed by atoms with Crippen LogP contribution in [0.4, 0.5) is 0 Å². The van der Waals surface area contributed by atoms with Crippen molar-refractivity contribution < 1.29 is 0 Å². The maximum Gasteiger partial charge on any atom is 0.167 e. The molecule has 72 valence electrons. The molecule has 0 amide bonds. The van der Waals surface area contributed by atoms with Crippen molar-refractivity contribution in [2.24, 2.45) is 5.73 Å². The van der Waals surface area contributed by atoms with Gasteiger partial charge in [-0.1, -0.05) is 12.8 Å². The minimum atomic E-state index is -0.0635. The summed E-state index contributed by atoms with van der Waals surface area (Å²) in [7, 11) is 0. The molecule has 1 saturated carbocycles. The smallest absolute Gasteiger partial charge is 0.167 e. The van der Waals surface area contributed by atoms with Crippen LogP contribution >= 0.6 is 0 Å². The molecule has 1 aromatic rings. The van der Waals surface area contributed by atoms with Crippen LogP contribution in [0, 0.1) is 0 Å². The summed E-state index contributed by atoms with van der Waals surface area (Å²) >= 11 is 0. The molecule has 0 bridgehead atoms. The molecule has 0 radical (unpaired) electrons. The van der Waals surface area contributed by atoms with Gasteiger partial charge in [0.15, 0.2) is 5.82 Å². The maximum atomic E-state index is 5.68. The molecule has 3 N–H and O–H groups in total. The van der Waals surface area contributed by atoms with Gasteiger partial charge in [-0.05, 0) is 19.8 Å². The molecule has 13 heavy (non-hydrogen) atoms. The van der Waals surface area contributed by atoms with Gasteiger partial charge in [0.2, 0.25) is 0 Å². The quantitative estimate of drug-likeness (QED) is 0.724. The lowest BCUT2D eigenvalue weighted by atomic mass is 10.1. The maximum absolute atomic E-state index is 5.68. The molecular formula is C9H16N4. The number of hydrogen-bond acceptors (Lipinski definition) is 3. The molecule has 1 fully saturated rings. The van der Waals surface area contributed by atoms with E-state index in [0.717, 1.165) is 11.6 Å². The molecule has 0 aromatic carbocycles. The number of aromatic nitrogens is 3. The van der Waals surface area contributed by atoms with Crippen molar-refractivity contribution in [1.29, 1.82) is 0 Å². The highest BCUT2D eigenvalue weighted by Gasteiger charge is 2.20. The summed E-state index contributed by atoms with van der Waals surface area (Å²) in [5, 5.41) is 7.09. The van der Waals surface area contributed by atoms with Gasteiger partial charge in [0.05, 0.1) is 6.04 Å². The Morgan fingerprint density at radius 2 is 2.15 bits per heavy atom. The highest BCUT2D eigenvalue weighted by atomic mass is 15.2. The Morgan fingerprint density at radius 3 is 2.69 bits per heavy atom. The minimum Gasteiger partial charge on any atom is -0.321 e. The van der Waals surface area contributed by atoms with E-state index < -0.39 is 0 Å². The molecule has 1 atom stereocenters. The van der Waals surface area contributed by atoms with Gasteiger partial charge in [0.25, 0.3) is 0 Å². The Labute approximate surface area is 77.9 Å². The highest BCUT2D eigenvalue weighted by Crippen LogP contribution is 2.31. The third kappa shape index (κ3) is 1.72. The summed E-state index contributed by atoms with van der Waals surface area (Å²) in [5.41, 5.74) is 5.68. The molecule has 1 aliphatic rings. The van der Waals surface area contributed by atoms with Gasteiger partial charge in [-0.2, -0.15) is 5.10 Å². The monoisotopic (exact) mass is 180 g/mol. The summed E-state index contributed by atoms with van der Waals surface area (Å²) in [6.07, 6.45) is 5.12. The number of nitrogens with zero attached hydrogens (tertiary/aromatic N) is 2. The molecule has 4 nitrogen and oxygen atoms in total. The standard InChI is InChI=1S/C9H16N4/c1-6(10)8-11-9(13-12-8)7-4-2-3-5-7/h6-7H,2-5,10H2,1H3,(H,11,12,13)/t6-/m1/s1. The zero-order valence-electron chi connectivity index (χ0n) is 7.95. The van der Waals surface area contributed by atoms with Crippen LogP contribution in [0.15, 0.2) is 0 Å². The van der Waals surface area contributed by atoms with Gasteiger partial charge in [0, 0.05) is 5.92 Å². The third-order valence-corrected chi connectivity index (χ3v) is 2.67. The average molecular weight is 180 g/mol. The van der Waals surface area contributed by atoms with Gasteiger partial charge in [-0.3, -0.25) is 5.10 Å². The lowest BCUT2D eigenvalue weighted by Gasteiger charge is -2.02. The highest BCUT2D eigenvalue weighted by molar-refractivity contribution is 5.01. The van der Waals surface area contributed by atoms with Crippen LogP contribution in [0.25, 0.3) is 0 Å². The van der Waals surface area contributed by atoms with E-state index >= 15 is 0 Å². The van der Waals surface area contributed by atoms with Crippen LogP contribution in [-0.2, 0) is 0 Å². The normalized spacial score (nSPS) is 20.8. The number of hydrogen-bond donors (Lipinski definition) is 2. The van der Waals surface area contributed by atoms with Gasteiger partial charge >= 0.3 is 0 Å². The summed E-state index contributed by atoms with van der Waals surface area (Å²) in [6.45, 7) is 1.90. The van der Waals surface area contributed by atoms with Gasteiger partial charge < -0.3 is 5.73 Å². The van der Waals surface area contributed by atoms with Crippen molar-refractivity contribution >= 4 is 0 Å². The lowest BCUT2D eigenvalue weighted by molar-refractivity contribution is 0.669. The summed E-state index contributed by atoms with van der Waals surface area (Å²) in [5.74, 6) is 2.37. The molecule has 0 spiro atoms. The van der Waals surface area contributed by atoms with E-state index in [-0.39, 0.29) is 6.04 Å². The van der Waals surface area contributed by atoms with E-state index in [9.17, 15) is 0 Å². The average Bonchev–Trinajstić information content (AvgIpc) is 2.75. The SMILES string of the molecule is C[C@@H](N)c1n[nH]c(C2CCCC2)n1. The van der Waals surface area contributed by atoms with Crippen LogP contribution in [0.5, 0.6) is 0 Å². The predicted octanol–water partition coefficient (Wildman–Crippen LogP) is 1.48. The van der Waals surface area contributed by atoms with Crippen molar-refractivity contribution in [3.63, 3.8) is 0 Å². The lowest BCUT2D eigenvalue weighted by Crippen LogP contribution is -2.07.